The summed E-state index contributed by atoms with van der Waals surface area (Å²) in [6.45, 7) is 0.513. The van der Waals surface area contributed by atoms with Crippen LogP contribution < -0.4 is 19.5 Å². The molecule has 0 radical (unpaired) electrons. The monoisotopic (exact) mass is 379 g/mol. The van der Waals surface area contributed by atoms with Gasteiger partial charge in [0.05, 0.1) is 21.3 Å². The molecule has 0 bridgehead atoms. The molecule has 5 heteroatoms. The molecule has 5 nitrogen and oxygen atoms in total. The summed E-state index contributed by atoms with van der Waals surface area (Å²) in [5.74, 6) is 1.73. The SMILES string of the molecule is COc1cc(CCC(=O)NCc2ccc3ccccc3c2)cc(OC)c1OC. The maximum atomic E-state index is 12.3. The van der Waals surface area contributed by atoms with Crippen LogP contribution in [-0.2, 0) is 17.8 Å². The number of benzene rings is 3. The molecule has 3 aromatic carbocycles. The number of carbonyl (C=O) groups is 1. The molecule has 1 amide bonds. The topological polar surface area (TPSA) is 56.8 Å². The third kappa shape index (κ3) is 4.55. The van der Waals surface area contributed by atoms with Gasteiger partial charge in [0, 0.05) is 13.0 Å². The minimum atomic E-state index is 0.00177. The summed E-state index contributed by atoms with van der Waals surface area (Å²) in [7, 11) is 4.73. The van der Waals surface area contributed by atoms with Crippen LogP contribution in [0.5, 0.6) is 17.2 Å². The van der Waals surface area contributed by atoms with E-state index in [0.29, 0.717) is 36.6 Å². The van der Waals surface area contributed by atoms with Crippen molar-refractivity contribution >= 4 is 16.7 Å². The average molecular weight is 379 g/mol. The van der Waals surface area contributed by atoms with Gasteiger partial charge < -0.3 is 19.5 Å². The summed E-state index contributed by atoms with van der Waals surface area (Å²) in [4.78, 5) is 12.3. The fourth-order valence-corrected chi connectivity index (χ4v) is 3.18. The van der Waals surface area contributed by atoms with E-state index < -0.39 is 0 Å². The third-order valence-corrected chi connectivity index (χ3v) is 4.67. The molecule has 1 N–H and O–H groups in total. The molecule has 0 aromatic heterocycles. The van der Waals surface area contributed by atoms with E-state index in [1.807, 2.05) is 30.3 Å². The second kappa shape index (κ2) is 9.13. The highest BCUT2D eigenvalue weighted by atomic mass is 16.5. The number of hydrogen-bond acceptors (Lipinski definition) is 4. The summed E-state index contributed by atoms with van der Waals surface area (Å²) in [6.07, 6.45) is 0.965. The van der Waals surface area contributed by atoms with Crippen molar-refractivity contribution in [3.8, 4) is 17.2 Å². The number of hydrogen-bond donors (Lipinski definition) is 1. The zero-order valence-corrected chi connectivity index (χ0v) is 16.5. The number of aryl methyl sites for hydroxylation is 1. The Bertz CT molecular complexity index is 943. The maximum absolute atomic E-state index is 12.3. The second-order valence-corrected chi connectivity index (χ2v) is 6.49. The summed E-state index contributed by atoms with van der Waals surface area (Å²) in [6, 6.07) is 18.2. The van der Waals surface area contributed by atoms with Crippen LogP contribution in [0, 0.1) is 0 Å². The van der Waals surface area contributed by atoms with Gasteiger partial charge in [-0.05, 0) is 46.5 Å². The molecule has 28 heavy (non-hydrogen) atoms. The van der Waals surface area contributed by atoms with Gasteiger partial charge in [-0.1, -0.05) is 36.4 Å². The lowest BCUT2D eigenvalue weighted by atomic mass is 10.1. The number of nitrogens with one attached hydrogen (secondary N) is 1. The number of ether oxygens (including phenoxy) is 3. The second-order valence-electron chi connectivity index (χ2n) is 6.49. The van der Waals surface area contributed by atoms with Crippen LogP contribution in [0.2, 0.25) is 0 Å². The molecule has 0 aliphatic rings. The quantitative estimate of drug-likeness (QED) is 0.640. The average Bonchev–Trinajstić information content (AvgIpc) is 2.75. The van der Waals surface area contributed by atoms with Crippen molar-refractivity contribution in [3.05, 3.63) is 65.7 Å². The van der Waals surface area contributed by atoms with Gasteiger partial charge >= 0.3 is 0 Å². The number of carbonyl (C=O) groups excluding carboxylic acids is 1. The molecular weight excluding hydrogens is 354 g/mol. The zero-order valence-electron chi connectivity index (χ0n) is 16.5. The first-order valence-electron chi connectivity index (χ1n) is 9.18. The Morgan fingerprint density at radius 3 is 2.14 bits per heavy atom. The van der Waals surface area contributed by atoms with E-state index in [0.717, 1.165) is 11.1 Å². The highest BCUT2D eigenvalue weighted by Crippen LogP contribution is 2.38. The zero-order chi connectivity index (χ0) is 19.9. The first kappa shape index (κ1) is 19.5. The predicted molar refractivity (Wildman–Crippen MR) is 110 cm³/mol. The third-order valence-electron chi connectivity index (χ3n) is 4.67. The summed E-state index contributed by atoms with van der Waals surface area (Å²) >= 11 is 0. The van der Waals surface area contributed by atoms with Gasteiger partial charge in [-0.3, -0.25) is 4.79 Å². The number of methoxy groups -OCH3 is 3. The highest BCUT2D eigenvalue weighted by Gasteiger charge is 2.13. The van der Waals surface area contributed by atoms with Crippen LogP contribution in [-0.4, -0.2) is 27.2 Å². The van der Waals surface area contributed by atoms with Crippen LogP contribution in [0.1, 0.15) is 17.5 Å². The standard InChI is InChI=1S/C23H25NO4/c1-26-20-13-16(14-21(27-2)23(20)28-3)9-11-22(25)24-15-17-8-10-18-6-4-5-7-19(18)12-17/h4-8,10,12-14H,9,11,15H2,1-3H3,(H,24,25). The van der Waals surface area contributed by atoms with Crippen LogP contribution in [0.15, 0.2) is 54.6 Å². The van der Waals surface area contributed by atoms with Crippen molar-refractivity contribution in [2.24, 2.45) is 0 Å². The Labute approximate surface area is 165 Å². The van der Waals surface area contributed by atoms with E-state index in [1.54, 1.807) is 21.3 Å². The number of rotatable bonds is 8. The van der Waals surface area contributed by atoms with E-state index >= 15 is 0 Å². The molecule has 0 fully saturated rings. The lowest BCUT2D eigenvalue weighted by molar-refractivity contribution is -0.121. The van der Waals surface area contributed by atoms with Crippen molar-refractivity contribution in [3.63, 3.8) is 0 Å². The maximum Gasteiger partial charge on any atom is 0.220 e. The number of fused-ring (bicyclic) bond motifs is 1. The van der Waals surface area contributed by atoms with Crippen molar-refractivity contribution in [2.75, 3.05) is 21.3 Å². The van der Waals surface area contributed by atoms with E-state index in [9.17, 15) is 4.79 Å². The summed E-state index contributed by atoms with van der Waals surface area (Å²) in [5.41, 5.74) is 2.04. The lowest BCUT2D eigenvalue weighted by Gasteiger charge is -2.14. The van der Waals surface area contributed by atoms with Crippen LogP contribution in [0.4, 0.5) is 0 Å². The molecule has 3 rings (SSSR count). The first-order valence-corrected chi connectivity index (χ1v) is 9.18. The molecule has 0 aliphatic carbocycles. The smallest absolute Gasteiger partial charge is 0.220 e. The first-order chi connectivity index (χ1) is 13.6. The summed E-state index contributed by atoms with van der Waals surface area (Å²) < 4.78 is 16.0. The minimum absolute atomic E-state index is 0.00177. The molecule has 0 spiro atoms. The van der Waals surface area contributed by atoms with E-state index in [1.165, 1.54) is 10.8 Å². The van der Waals surface area contributed by atoms with Crippen LogP contribution in [0.25, 0.3) is 10.8 Å². The molecular formula is C23H25NO4. The summed E-state index contributed by atoms with van der Waals surface area (Å²) in [5, 5.41) is 5.35. The fraction of sp³-hybridized carbons (Fsp3) is 0.261. The Morgan fingerprint density at radius 1 is 0.821 bits per heavy atom. The molecule has 146 valence electrons. The molecule has 0 unspecified atom stereocenters. The van der Waals surface area contributed by atoms with Crippen molar-refractivity contribution in [2.45, 2.75) is 19.4 Å². The van der Waals surface area contributed by atoms with Crippen LogP contribution in [0.3, 0.4) is 0 Å². The lowest BCUT2D eigenvalue weighted by Crippen LogP contribution is -2.23. The van der Waals surface area contributed by atoms with Crippen molar-refractivity contribution < 1.29 is 19.0 Å². The Kier molecular flexibility index (Phi) is 6.37. The van der Waals surface area contributed by atoms with E-state index in [2.05, 4.69) is 29.6 Å². The Balaban J connectivity index is 1.59. The van der Waals surface area contributed by atoms with Gasteiger partial charge in [-0.2, -0.15) is 0 Å². The van der Waals surface area contributed by atoms with E-state index in [4.69, 9.17) is 14.2 Å². The minimum Gasteiger partial charge on any atom is -0.493 e. The fourth-order valence-electron chi connectivity index (χ4n) is 3.18. The number of amides is 1. The molecule has 0 saturated carbocycles. The van der Waals surface area contributed by atoms with Gasteiger partial charge in [0.1, 0.15) is 0 Å². The van der Waals surface area contributed by atoms with E-state index in [-0.39, 0.29) is 5.91 Å². The molecule has 0 atom stereocenters. The highest BCUT2D eigenvalue weighted by molar-refractivity contribution is 5.83. The molecule has 3 aromatic rings. The predicted octanol–water partition coefficient (Wildman–Crippen LogP) is 4.11. The largest absolute Gasteiger partial charge is 0.493 e. The molecule has 0 saturated heterocycles. The van der Waals surface area contributed by atoms with Gasteiger partial charge in [0.15, 0.2) is 11.5 Å². The van der Waals surface area contributed by atoms with Crippen molar-refractivity contribution in [1.82, 2.24) is 5.32 Å². The van der Waals surface area contributed by atoms with Gasteiger partial charge in [-0.15, -0.1) is 0 Å². The molecule has 0 aliphatic heterocycles. The van der Waals surface area contributed by atoms with Crippen molar-refractivity contribution in [1.29, 1.82) is 0 Å². The Hall–Kier alpha value is -3.21. The Morgan fingerprint density at radius 2 is 1.50 bits per heavy atom. The van der Waals surface area contributed by atoms with Gasteiger partial charge in [0.25, 0.3) is 0 Å². The van der Waals surface area contributed by atoms with Crippen LogP contribution >= 0.6 is 0 Å². The molecule has 0 heterocycles. The van der Waals surface area contributed by atoms with Gasteiger partial charge in [-0.25, -0.2) is 0 Å². The normalized spacial score (nSPS) is 10.5. The van der Waals surface area contributed by atoms with Gasteiger partial charge in [0.2, 0.25) is 11.7 Å².